The van der Waals surface area contributed by atoms with Crippen LogP contribution < -0.4 is 14.7 Å². The molecule has 4 aliphatic carbocycles. The highest BCUT2D eigenvalue weighted by Gasteiger charge is 2.23. The summed E-state index contributed by atoms with van der Waals surface area (Å²) in [5.41, 5.74) is 17.8. The Bertz CT molecular complexity index is 3350. The van der Waals surface area contributed by atoms with Crippen LogP contribution >= 0.6 is 11.3 Å². The molecule has 0 unspecified atom stereocenters. The van der Waals surface area contributed by atoms with Crippen molar-refractivity contribution < 1.29 is 0 Å². The maximum Gasteiger partial charge on any atom is 0.0551 e. The van der Waals surface area contributed by atoms with Crippen molar-refractivity contribution in [3.8, 4) is 11.1 Å². The Balaban J connectivity index is 0.964. The molecule has 3 heteroatoms. The summed E-state index contributed by atoms with van der Waals surface area (Å²) in [6, 6.07) is 44.6. The van der Waals surface area contributed by atoms with Crippen molar-refractivity contribution in [2.75, 3.05) is 4.90 Å². The van der Waals surface area contributed by atoms with E-state index in [1.165, 1.54) is 81.1 Å². The molecular weight excluding hydrogens is 793 g/mol. The standard InChI is InChI=1S/C61H50N2S/c1-2-3-22-51(41-38-47-20-16-29-56-60(47)53-25-9-11-27-55(53)63(56)57-28-12-14-31-59-61(57)54-26-10-13-30-58(54)64-59)62(50-23-5-4-6-24-50)52-39-36-45(37-40-52)44-32-34-46(35-33-44)49-21-15-19-43-17-7-8-18-48(43)42-49/h2-7,10-13,15-17,19-24,26-41H,8-9,14,18,25,42H2,1H3/b3-2-,41-38+,51-22+. The van der Waals surface area contributed by atoms with Gasteiger partial charge in [-0.2, -0.15) is 0 Å². The lowest BCUT2D eigenvalue weighted by Crippen LogP contribution is -2.24. The zero-order valence-electron chi connectivity index (χ0n) is 36.3. The number of benzene rings is 5. The lowest BCUT2D eigenvalue weighted by Gasteiger charge is -2.26. The number of thiophene rings is 1. The van der Waals surface area contributed by atoms with Gasteiger partial charge in [0.15, 0.2) is 0 Å². The van der Waals surface area contributed by atoms with E-state index in [1.54, 1.807) is 5.57 Å². The van der Waals surface area contributed by atoms with Crippen molar-refractivity contribution in [2.24, 2.45) is 0 Å². The maximum atomic E-state index is 2.54. The van der Waals surface area contributed by atoms with E-state index in [9.17, 15) is 0 Å². The van der Waals surface area contributed by atoms with Crippen molar-refractivity contribution in [3.05, 3.63) is 243 Å². The Labute approximate surface area is 380 Å². The second kappa shape index (κ2) is 17.5. The molecule has 0 saturated carbocycles. The first-order valence-electron chi connectivity index (χ1n) is 22.8. The highest BCUT2D eigenvalue weighted by molar-refractivity contribution is 7.17. The fraction of sp³-hybridized carbons (Fsp3) is 0.115. The summed E-state index contributed by atoms with van der Waals surface area (Å²) in [5.74, 6) is 0. The number of hydrogen-bond donors (Lipinski definition) is 0. The van der Waals surface area contributed by atoms with E-state index in [4.69, 9.17) is 0 Å². The maximum absolute atomic E-state index is 2.54. The Hall–Kier alpha value is -7.20. The molecule has 0 aliphatic heterocycles. The van der Waals surface area contributed by atoms with E-state index in [0.717, 1.165) is 55.6 Å². The van der Waals surface area contributed by atoms with E-state index in [2.05, 4.69) is 229 Å². The molecule has 0 spiro atoms. The predicted octanol–water partition coefficient (Wildman–Crippen LogP) is 15.2. The summed E-state index contributed by atoms with van der Waals surface area (Å²) >= 11 is 1.90. The molecule has 310 valence electrons. The number of nitrogens with zero attached hydrogens (tertiary/aromatic N) is 2. The zero-order valence-corrected chi connectivity index (χ0v) is 37.1. The summed E-state index contributed by atoms with van der Waals surface area (Å²) < 4.78 is 5.23. The molecule has 2 heterocycles. The fourth-order valence-electron chi connectivity index (χ4n) is 9.94. The molecule has 64 heavy (non-hydrogen) atoms. The Morgan fingerprint density at radius 1 is 0.703 bits per heavy atom. The SMILES string of the molecule is C\C=C/C=C(\C=C\c1cccc2c1c1c(n2C2=c3c(sc4ccccc34)=CCC=C2)C=CCC1)N(c1ccccc1)c1ccc(-c2ccc(C3=CC=CC4=C(CCC=C4)C3)cc2)cc1. The zero-order chi connectivity index (χ0) is 42.8. The van der Waals surface area contributed by atoms with Crippen LogP contribution in [0.15, 0.2) is 211 Å². The normalized spacial score (nSPS) is 16.0. The lowest BCUT2D eigenvalue weighted by atomic mass is 9.90. The molecule has 4 aliphatic rings. The topological polar surface area (TPSA) is 8.17 Å². The average molecular weight is 843 g/mol. The first kappa shape index (κ1) is 39.6. The first-order chi connectivity index (χ1) is 31.7. The fourth-order valence-corrected chi connectivity index (χ4v) is 11.1. The van der Waals surface area contributed by atoms with Gasteiger partial charge in [-0.15, -0.1) is 11.3 Å². The highest BCUT2D eigenvalue weighted by Crippen LogP contribution is 2.39. The van der Waals surface area contributed by atoms with Gasteiger partial charge < -0.3 is 9.47 Å². The molecule has 0 bridgehead atoms. The van der Waals surface area contributed by atoms with Gasteiger partial charge in [0.05, 0.1) is 11.2 Å². The number of fused-ring (bicyclic) bond motifs is 6. The number of hydrogen-bond acceptors (Lipinski definition) is 2. The van der Waals surface area contributed by atoms with Crippen LogP contribution in [-0.4, -0.2) is 4.57 Å². The largest absolute Gasteiger partial charge is 0.311 e. The van der Waals surface area contributed by atoms with Crippen molar-refractivity contribution in [1.82, 2.24) is 4.57 Å². The van der Waals surface area contributed by atoms with Gasteiger partial charge in [0.25, 0.3) is 0 Å². The van der Waals surface area contributed by atoms with E-state index < -0.39 is 0 Å². The number of anilines is 2. The van der Waals surface area contributed by atoms with Crippen LogP contribution in [0.1, 0.15) is 61.4 Å². The Morgan fingerprint density at radius 2 is 1.47 bits per heavy atom. The first-order valence-corrected chi connectivity index (χ1v) is 23.6. The van der Waals surface area contributed by atoms with Crippen LogP contribution in [-0.2, 0) is 6.42 Å². The monoisotopic (exact) mass is 842 g/mol. The Kier molecular flexibility index (Phi) is 10.8. The summed E-state index contributed by atoms with van der Waals surface area (Å²) in [6.07, 6.45) is 40.5. The molecule has 0 radical (unpaired) electrons. The third-order valence-corrected chi connectivity index (χ3v) is 14.2. The molecule has 0 atom stereocenters. The quantitative estimate of drug-likeness (QED) is 0.131. The van der Waals surface area contributed by atoms with E-state index in [1.807, 2.05) is 11.3 Å². The third-order valence-electron chi connectivity index (χ3n) is 13.0. The van der Waals surface area contributed by atoms with Crippen LogP contribution in [0.2, 0.25) is 0 Å². The van der Waals surface area contributed by atoms with Crippen molar-refractivity contribution in [2.45, 2.75) is 45.4 Å². The summed E-state index contributed by atoms with van der Waals surface area (Å²) in [6.45, 7) is 2.08. The van der Waals surface area contributed by atoms with Gasteiger partial charge in [0, 0.05) is 48.0 Å². The van der Waals surface area contributed by atoms with Gasteiger partial charge >= 0.3 is 0 Å². The van der Waals surface area contributed by atoms with Crippen molar-refractivity contribution >= 4 is 73.2 Å². The molecule has 2 nitrogen and oxygen atoms in total. The van der Waals surface area contributed by atoms with E-state index in [-0.39, 0.29) is 0 Å². The lowest BCUT2D eigenvalue weighted by molar-refractivity contribution is 0.919. The average Bonchev–Trinajstić information content (AvgIpc) is 3.69. The van der Waals surface area contributed by atoms with Gasteiger partial charge in [-0.1, -0.05) is 157 Å². The van der Waals surface area contributed by atoms with Crippen molar-refractivity contribution in [1.29, 1.82) is 0 Å². The predicted molar refractivity (Wildman–Crippen MR) is 277 cm³/mol. The molecule has 0 fully saturated rings. The van der Waals surface area contributed by atoms with E-state index >= 15 is 0 Å². The van der Waals surface area contributed by atoms with Crippen LogP contribution in [0.4, 0.5) is 11.4 Å². The summed E-state index contributed by atoms with van der Waals surface area (Å²) in [7, 11) is 0. The summed E-state index contributed by atoms with van der Waals surface area (Å²) in [4.78, 5) is 2.37. The molecule has 0 saturated heterocycles. The van der Waals surface area contributed by atoms with Crippen LogP contribution in [0.3, 0.4) is 0 Å². The van der Waals surface area contributed by atoms with E-state index in [0.29, 0.717) is 0 Å². The van der Waals surface area contributed by atoms with Gasteiger partial charge in [-0.05, 0) is 145 Å². The number of rotatable bonds is 9. The summed E-state index contributed by atoms with van der Waals surface area (Å²) in [5, 5.41) is 4.00. The van der Waals surface area contributed by atoms with Crippen LogP contribution in [0.5, 0.6) is 0 Å². The molecule has 2 aromatic heterocycles. The minimum atomic E-state index is 0.929. The molecule has 0 N–H and O–H groups in total. The van der Waals surface area contributed by atoms with Crippen molar-refractivity contribution in [3.63, 3.8) is 0 Å². The minimum absolute atomic E-state index is 0.929. The number of allylic oxidation sites excluding steroid dienone is 15. The number of para-hydroxylation sites is 1. The van der Waals surface area contributed by atoms with Crippen LogP contribution in [0, 0.1) is 0 Å². The smallest absolute Gasteiger partial charge is 0.0551 e. The number of aryl methyl sites for hydroxylation is 1. The number of aromatic nitrogens is 1. The Morgan fingerprint density at radius 3 is 2.33 bits per heavy atom. The molecular formula is C61H50N2S. The minimum Gasteiger partial charge on any atom is -0.311 e. The second-order valence-corrected chi connectivity index (χ2v) is 18.0. The molecule has 0 amide bonds. The second-order valence-electron chi connectivity index (χ2n) is 16.9. The molecule has 7 aromatic rings. The van der Waals surface area contributed by atoms with Gasteiger partial charge in [-0.3, -0.25) is 0 Å². The molecule has 5 aromatic carbocycles. The highest BCUT2D eigenvalue weighted by atomic mass is 32.1. The van der Waals surface area contributed by atoms with Gasteiger partial charge in [-0.25, -0.2) is 0 Å². The van der Waals surface area contributed by atoms with Crippen LogP contribution in [0.25, 0.3) is 61.6 Å². The van der Waals surface area contributed by atoms with Gasteiger partial charge in [0.2, 0.25) is 0 Å². The third kappa shape index (κ3) is 7.46. The molecule has 11 rings (SSSR count). The van der Waals surface area contributed by atoms with Gasteiger partial charge in [0.1, 0.15) is 0 Å².